The van der Waals surface area contributed by atoms with Crippen LogP contribution in [0.3, 0.4) is 0 Å². The van der Waals surface area contributed by atoms with E-state index in [1.54, 1.807) is 0 Å². The Balaban J connectivity index is 2.02. The molecule has 0 unspecified atom stereocenters. The molecule has 1 heterocycles. The molecule has 0 spiro atoms. The zero-order chi connectivity index (χ0) is 10.2. The lowest BCUT2D eigenvalue weighted by Gasteiger charge is -2.10. The zero-order valence-electron chi connectivity index (χ0n) is 9.01. The van der Waals surface area contributed by atoms with Crippen molar-refractivity contribution in [3.8, 4) is 0 Å². The van der Waals surface area contributed by atoms with E-state index in [9.17, 15) is 0 Å². The van der Waals surface area contributed by atoms with Crippen LogP contribution in [0.2, 0.25) is 0 Å². The van der Waals surface area contributed by atoms with Gasteiger partial charge in [-0.15, -0.1) is 0 Å². The van der Waals surface area contributed by atoms with Crippen LogP contribution in [-0.2, 0) is 6.42 Å². The molecule has 1 aromatic rings. The monoisotopic (exact) mass is 190 g/mol. The van der Waals surface area contributed by atoms with E-state index in [4.69, 9.17) is 5.73 Å². The molecular weight excluding hydrogens is 172 g/mol. The Labute approximate surface area is 85.5 Å². The zero-order valence-corrected chi connectivity index (χ0v) is 9.01. The molecule has 0 atom stereocenters. The van der Waals surface area contributed by atoms with E-state index in [1.807, 2.05) is 13.1 Å². The average Bonchev–Trinajstić information content (AvgIpc) is 2.83. The number of aryl methyl sites for hydroxylation is 3. The lowest BCUT2D eigenvalue weighted by Crippen LogP contribution is -2.22. The molecule has 0 aliphatic heterocycles. The molecule has 2 nitrogen and oxygen atoms in total. The van der Waals surface area contributed by atoms with Gasteiger partial charge in [0.25, 0.3) is 0 Å². The third kappa shape index (κ3) is 2.13. The van der Waals surface area contributed by atoms with Crippen LogP contribution < -0.4 is 5.73 Å². The number of aromatic nitrogens is 1. The first kappa shape index (κ1) is 9.66. The van der Waals surface area contributed by atoms with E-state index < -0.39 is 0 Å². The van der Waals surface area contributed by atoms with Crippen molar-refractivity contribution in [2.24, 2.45) is 5.73 Å². The maximum atomic E-state index is 6.05. The Kier molecular flexibility index (Phi) is 2.31. The van der Waals surface area contributed by atoms with Gasteiger partial charge in [-0.2, -0.15) is 0 Å². The minimum Gasteiger partial charge on any atom is -0.325 e. The summed E-state index contributed by atoms with van der Waals surface area (Å²) in [5, 5.41) is 0. The molecule has 0 aromatic carbocycles. The first-order valence-corrected chi connectivity index (χ1v) is 5.30. The minimum absolute atomic E-state index is 0.164. The number of nitrogens with two attached hydrogens (primary N) is 1. The molecule has 0 amide bonds. The molecule has 1 aliphatic carbocycles. The highest BCUT2D eigenvalue weighted by atomic mass is 14.8. The number of pyridine rings is 1. The fourth-order valence-electron chi connectivity index (χ4n) is 1.78. The van der Waals surface area contributed by atoms with Crippen molar-refractivity contribution in [2.45, 2.75) is 45.1 Å². The van der Waals surface area contributed by atoms with Gasteiger partial charge in [0.05, 0.1) is 0 Å². The molecule has 2 N–H and O–H groups in total. The molecular formula is C12H18N2. The number of nitrogens with zero attached hydrogens (tertiary/aromatic N) is 1. The van der Waals surface area contributed by atoms with Crippen molar-refractivity contribution in [3.63, 3.8) is 0 Å². The summed E-state index contributed by atoms with van der Waals surface area (Å²) in [6.45, 7) is 4.18. The molecule has 2 rings (SSSR count). The SMILES string of the molecule is Cc1cc(C)c(CCC2(N)CC2)cn1. The lowest BCUT2D eigenvalue weighted by molar-refractivity contribution is 0.607. The van der Waals surface area contributed by atoms with Gasteiger partial charge in [0, 0.05) is 17.4 Å². The third-order valence-corrected chi connectivity index (χ3v) is 3.14. The van der Waals surface area contributed by atoms with E-state index in [2.05, 4.69) is 18.0 Å². The van der Waals surface area contributed by atoms with Gasteiger partial charge in [-0.3, -0.25) is 4.98 Å². The van der Waals surface area contributed by atoms with E-state index in [1.165, 1.54) is 24.0 Å². The third-order valence-electron chi connectivity index (χ3n) is 3.14. The molecule has 0 saturated heterocycles. The van der Waals surface area contributed by atoms with Gasteiger partial charge in [0.15, 0.2) is 0 Å². The summed E-state index contributed by atoms with van der Waals surface area (Å²) >= 11 is 0. The summed E-state index contributed by atoms with van der Waals surface area (Å²) in [6.07, 6.45) is 6.58. The first-order chi connectivity index (χ1) is 6.59. The second-order valence-corrected chi connectivity index (χ2v) is 4.61. The van der Waals surface area contributed by atoms with Crippen molar-refractivity contribution in [3.05, 3.63) is 29.1 Å². The Hall–Kier alpha value is -0.890. The lowest BCUT2D eigenvalue weighted by atomic mass is 10.0. The molecule has 1 saturated carbocycles. The summed E-state index contributed by atoms with van der Waals surface area (Å²) in [5.74, 6) is 0. The van der Waals surface area contributed by atoms with Crippen molar-refractivity contribution in [2.75, 3.05) is 0 Å². The van der Waals surface area contributed by atoms with Gasteiger partial charge < -0.3 is 5.73 Å². The highest BCUT2D eigenvalue weighted by Gasteiger charge is 2.37. The predicted molar refractivity (Wildman–Crippen MR) is 58.2 cm³/mol. The summed E-state index contributed by atoms with van der Waals surface area (Å²) in [5.41, 5.74) is 10.0. The number of hydrogen-bond acceptors (Lipinski definition) is 2. The Morgan fingerprint density at radius 1 is 1.43 bits per heavy atom. The molecule has 2 heteroatoms. The molecule has 0 radical (unpaired) electrons. The van der Waals surface area contributed by atoms with Gasteiger partial charge in [-0.05, 0) is 56.7 Å². The van der Waals surface area contributed by atoms with Crippen LogP contribution in [0.1, 0.15) is 36.1 Å². The van der Waals surface area contributed by atoms with Crippen LogP contribution in [0.5, 0.6) is 0 Å². The van der Waals surface area contributed by atoms with Gasteiger partial charge in [0.2, 0.25) is 0 Å². The topological polar surface area (TPSA) is 38.9 Å². The van der Waals surface area contributed by atoms with E-state index in [-0.39, 0.29) is 5.54 Å². The maximum Gasteiger partial charge on any atom is 0.0375 e. The molecule has 1 aliphatic rings. The highest BCUT2D eigenvalue weighted by molar-refractivity contribution is 5.25. The molecule has 1 aromatic heterocycles. The standard InChI is InChI=1S/C12H18N2/c1-9-7-10(2)14-8-11(9)3-4-12(13)5-6-12/h7-8H,3-6,13H2,1-2H3. The van der Waals surface area contributed by atoms with E-state index >= 15 is 0 Å². The first-order valence-electron chi connectivity index (χ1n) is 5.30. The second kappa shape index (κ2) is 3.35. The smallest absolute Gasteiger partial charge is 0.0375 e. The Morgan fingerprint density at radius 3 is 2.71 bits per heavy atom. The molecule has 76 valence electrons. The fourth-order valence-corrected chi connectivity index (χ4v) is 1.78. The quantitative estimate of drug-likeness (QED) is 0.793. The normalized spacial score (nSPS) is 18.2. The van der Waals surface area contributed by atoms with Crippen LogP contribution in [-0.4, -0.2) is 10.5 Å². The van der Waals surface area contributed by atoms with Crippen LogP contribution >= 0.6 is 0 Å². The molecule has 1 fully saturated rings. The van der Waals surface area contributed by atoms with Crippen molar-refractivity contribution in [1.29, 1.82) is 0 Å². The molecule has 0 bridgehead atoms. The van der Waals surface area contributed by atoms with Crippen molar-refractivity contribution < 1.29 is 0 Å². The van der Waals surface area contributed by atoms with E-state index in [0.717, 1.165) is 18.5 Å². The number of hydrogen-bond donors (Lipinski definition) is 1. The summed E-state index contributed by atoms with van der Waals surface area (Å²) in [7, 11) is 0. The van der Waals surface area contributed by atoms with Gasteiger partial charge in [-0.1, -0.05) is 0 Å². The summed E-state index contributed by atoms with van der Waals surface area (Å²) < 4.78 is 0. The van der Waals surface area contributed by atoms with Crippen LogP contribution in [0.25, 0.3) is 0 Å². The van der Waals surface area contributed by atoms with E-state index in [0.29, 0.717) is 0 Å². The van der Waals surface area contributed by atoms with Gasteiger partial charge in [0.1, 0.15) is 0 Å². The van der Waals surface area contributed by atoms with Crippen LogP contribution in [0.4, 0.5) is 0 Å². The second-order valence-electron chi connectivity index (χ2n) is 4.61. The highest BCUT2D eigenvalue weighted by Crippen LogP contribution is 2.36. The largest absolute Gasteiger partial charge is 0.325 e. The fraction of sp³-hybridized carbons (Fsp3) is 0.583. The summed E-state index contributed by atoms with van der Waals surface area (Å²) in [6, 6.07) is 2.14. The summed E-state index contributed by atoms with van der Waals surface area (Å²) in [4.78, 5) is 4.32. The van der Waals surface area contributed by atoms with Gasteiger partial charge >= 0.3 is 0 Å². The van der Waals surface area contributed by atoms with Crippen molar-refractivity contribution >= 4 is 0 Å². The van der Waals surface area contributed by atoms with Crippen LogP contribution in [0, 0.1) is 13.8 Å². The van der Waals surface area contributed by atoms with Crippen LogP contribution in [0.15, 0.2) is 12.3 Å². The molecule has 14 heavy (non-hydrogen) atoms. The predicted octanol–water partition coefficient (Wildman–Crippen LogP) is 2.12. The van der Waals surface area contributed by atoms with Gasteiger partial charge in [-0.25, -0.2) is 0 Å². The minimum atomic E-state index is 0.164. The Bertz CT molecular complexity index is 340. The average molecular weight is 190 g/mol. The maximum absolute atomic E-state index is 6.05. The number of rotatable bonds is 3. The Morgan fingerprint density at radius 2 is 2.14 bits per heavy atom. The van der Waals surface area contributed by atoms with Crippen molar-refractivity contribution in [1.82, 2.24) is 4.98 Å².